The van der Waals surface area contributed by atoms with Crippen LogP contribution in [0.2, 0.25) is 10.0 Å². The van der Waals surface area contributed by atoms with Gasteiger partial charge in [0.05, 0.1) is 11.9 Å². The molecule has 0 spiro atoms. The van der Waals surface area contributed by atoms with Crippen molar-refractivity contribution in [1.82, 2.24) is 10.2 Å². The highest BCUT2D eigenvalue weighted by atomic mass is 35.5. The Kier molecular flexibility index (Phi) is 10.7. The summed E-state index contributed by atoms with van der Waals surface area (Å²) in [5.41, 5.74) is 1.85. The van der Waals surface area contributed by atoms with Crippen molar-refractivity contribution >= 4 is 61.5 Å². The van der Waals surface area contributed by atoms with Crippen LogP contribution in [0.5, 0.6) is 0 Å². The largest absolute Gasteiger partial charge is 0.352 e. The molecule has 10 heteroatoms. The number of amides is 2. The van der Waals surface area contributed by atoms with E-state index in [1.54, 1.807) is 30.3 Å². The van der Waals surface area contributed by atoms with E-state index in [-0.39, 0.29) is 24.9 Å². The van der Waals surface area contributed by atoms with Crippen LogP contribution in [-0.4, -0.2) is 50.0 Å². The summed E-state index contributed by atoms with van der Waals surface area (Å²) in [6, 6.07) is 26.3. The summed E-state index contributed by atoms with van der Waals surface area (Å²) >= 11 is 12.8. The molecule has 1 N–H and O–H groups in total. The summed E-state index contributed by atoms with van der Waals surface area (Å²) in [7, 11) is -3.91. The lowest BCUT2D eigenvalue weighted by atomic mass is 9.94. The molecule has 1 aliphatic rings. The van der Waals surface area contributed by atoms with Crippen LogP contribution in [0.25, 0.3) is 10.8 Å². The van der Waals surface area contributed by atoms with Crippen molar-refractivity contribution in [3.63, 3.8) is 0 Å². The molecular weight excluding hydrogens is 629 g/mol. The van der Waals surface area contributed by atoms with E-state index in [0.29, 0.717) is 26.7 Å². The molecule has 4 aromatic rings. The summed E-state index contributed by atoms with van der Waals surface area (Å²) in [5.74, 6) is -0.806. The molecular formula is C35H37Cl2N3O4S. The molecule has 0 saturated heterocycles. The maximum Gasteiger partial charge on any atom is 0.244 e. The second-order valence-corrected chi connectivity index (χ2v) is 14.3. The number of nitrogens with one attached hydrogen (secondary N) is 1. The Morgan fingerprint density at radius 1 is 0.889 bits per heavy atom. The van der Waals surface area contributed by atoms with E-state index in [4.69, 9.17) is 23.2 Å². The first-order valence-corrected chi connectivity index (χ1v) is 17.7. The fraction of sp³-hybridized carbons (Fsp3) is 0.314. The third kappa shape index (κ3) is 8.37. The van der Waals surface area contributed by atoms with Gasteiger partial charge < -0.3 is 10.2 Å². The SMILES string of the molecule is CS(=O)(=O)N(CC(=O)N(Cc1ccc(Cl)cc1Cl)C(Cc1ccccc1)C(=O)NC1CCCCC1)c1cccc2ccccc12. The van der Waals surface area contributed by atoms with Crippen molar-refractivity contribution in [3.8, 4) is 0 Å². The average Bonchev–Trinajstić information content (AvgIpc) is 3.02. The molecule has 45 heavy (non-hydrogen) atoms. The number of hydrogen-bond acceptors (Lipinski definition) is 4. The second kappa shape index (κ2) is 14.7. The van der Waals surface area contributed by atoms with Crippen molar-refractivity contribution in [3.05, 3.63) is 112 Å². The minimum atomic E-state index is -3.91. The topological polar surface area (TPSA) is 86.8 Å². The first kappa shape index (κ1) is 32.8. The molecule has 0 bridgehead atoms. The number of nitrogens with zero attached hydrogens (tertiary/aromatic N) is 2. The number of fused-ring (bicyclic) bond motifs is 1. The highest BCUT2D eigenvalue weighted by Gasteiger charge is 2.34. The van der Waals surface area contributed by atoms with Crippen LogP contribution in [0.15, 0.2) is 91.0 Å². The zero-order chi connectivity index (χ0) is 32.0. The standard InChI is InChI=1S/C35H37Cl2N3O4S/c1-45(43,44)40(32-18-10-14-26-13-8-9-17-30(26)32)24-34(41)39(23-27-19-20-28(36)22-31(27)37)33(21-25-11-4-2-5-12-25)35(42)38-29-15-6-3-7-16-29/h2,4-5,8-14,17-20,22,29,33H,3,6-7,15-16,21,23-24H2,1H3,(H,38,42). The molecule has 4 aromatic carbocycles. The van der Waals surface area contributed by atoms with E-state index in [1.165, 1.54) is 4.90 Å². The zero-order valence-electron chi connectivity index (χ0n) is 25.2. The normalized spacial score (nSPS) is 14.6. The van der Waals surface area contributed by atoms with Gasteiger partial charge in [0.25, 0.3) is 0 Å². The second-order valence-electron chi connectivity index (χ2n) is 11.6. The third-order valence-corrected chi connectivity index (χ3v) is 10.0. The summed E-state index contributed by atoms with van der Waals surface area (Å²) < 4.78 is 27.7. The summed E-state index contributed by atoms with van der Waals surface area (Å²) in [6.45, 7) is -0.516. The minimum absolute atomic E-state index is 0.0163. The lowest BCUT2D eigenvalue weighted by Gasteiger charge is -2.35. The fourth-order valence-electron chi connectivity index (χ4n) is 5.95. The van der Waals surface area contributed by atoms with E-state index in [1.807, 2.05) is 60.7 Å². The quantitative estimate of drug-likeness (QED) is 0.187. The van der Waals surface area contributed by atoms with Crippen LogP contribution in [0.4, 0.5) is 5.69 Å². The fourth-order valence-corrected chi connectivity index (χ4v) is 7.28. The van der Waals surface area contributed by atoms with Gasteiger partial charge in [-0.05, 0) is 47.6 Å². The number of carbonyl (C=O) groups excluding carboxylic acids is 2. The van der Waals surface area contributed by atoms with Crippen molar-refractivity contribution in [2.75, 3.05) is 17.1 Å². The van der Waals surface area contributed by atoms with Gasteiger partial charge >= 0.3 is 0 Å². The number of carbonyl (C=O) groups is 2. The number of hydrogen-bond donors (Lipinski definition) is 1. The Balaban J connectivity index is 1.56. The predicted molar refractivity (Wildman–Crippen MR) is 182 cm³/mol. The van der Waals surface area contributed by atoms with Crippen molar-refractivity contribution in [1.29, 1.82) is 0 Å². The Morgan fingerprint density at radius 2 is 1.58 bits per heavy atom. The summed E-state index contributed by atoms with van der Waals surface area (Å²) in [5, 5.41) is 5.53. The predicted octanol–water partition coefficient (Wildman–Crippen LogP) is 7.00. The molecule has 5 rings (SSSR count). The number of benzene rings is 4. The lowest BCUT2D eigenvalue weighted by Crippen LogP contribution is -2.55. The molecule has 0 radical (unpaired) electrons. The maximum absolute atomic E-state index is 14.5. The first-order valence-electron chi connectivity index (χ1n) is 15.1. The smallest absolute Gasteiger partial charge is 0.244 e. The first-order chi connectivity index (χ1) is 21.6. The van der Waals surface area contributed by atoms with E-state index in [9.17, 15) is 18.0 Å². The van der Waals surface area contributed by atoms with Crippen LogP contribution in [0.1, 0.15) is 43.2 Å². The Labute approximate surface area is 275 Å². The van der Waals surface area contributed by atoms with Gasteiger partial charge in [0.15, 0.2) is 0 Å². The highest BCUT2D eigenvalue weighted by Crippen LogP contribution is 2.30. The van der Waals surface area contributed by atoms with Gasteiger partial charge in [-0.2, -0.15) is 0 Å². The molecule has 0 heterocycles. The Bertz CT molecular complexity index is 1760. The molecule has 1 fully saturated rings. The van der Waals surface area contributed by atoms with Crippen LogP contribution < -0.4 is 9.62 Å². The molecule has 1 saturated carbocycles. The number of anilines is 1. The van der Waals surface area contributed by atoms with Crippen LogP contribution in [0, 0.1) is 0 Å². The summed E-state index contributed by atoms with van der Waals surface area (Å²) in [6.07, 6.45) is 6.28. The van der Waals surface area contributed by atoms with Crippen molar-refractivity contribution in [2.24, 2.45) is 0 Å². The van der Waals surface area contributed by atoms with Crippen LogP contribution >= 0.6 is 23.2 Å². The molecule has 1 atom stereocenters. The molecule has 0 aromatic heterocycles. The lowest BCUT2D eigenvalue weighted by molar-refractivity contribution is -0.140. The van der Waals surface area contributed by atoms with E-state index in [0.717, 1.165) is 53.6 Å². The molecule has 236 valence electrons. The molecule has 2 amide bonds. The molecule has 0 aliphatic heterocycles. The Hall–Kier alpha value is -3.59. The minimum Gasteiger partial charge on any atom is -0.352 e. The van der Waals surface area contributed by atoms with Gasteiger partial charge in [0.1, 0.15) is 12.6 Å². The van der Waals surface area contributed by atoms with Gasteiger partial charge in [0, 0.05) is 34.4 Å². The van der Waals surface area contributed by atoms with Gasteiger partial charge in [0.2, 0.25) is 21.8 Å². The average molecular weight is 667 g/mol. The monoisotopic (exact) mass is 665 g/mol. The molecule has 7 nitrogen and oxygen atoms in total. The van der Waals surface area contributed by atoms with Crippen molar-refractivity contribution < 1.29 is 18.0 Å². The van der Waals surface area contributed by atoms with Crippen LogP contribution in [0.3, 0.4) is 0 Å². The summed E-state index contributed by atoms with van der Waals surface area (Å²) in [4.78, 5) is 30.1. The highest BCUT2D eigenvalue weighted by molar-refractivity contribution is 7.92. The zero-order valence-corrected chi connectivity index (χ0v) is 27.5. The molecule has 1 aliphatic carbocycles. The van der Waals surface area contributed by atoms with E-state index < -0.39 is 28.5 Å². The van der Waals surface area contributed by atoms with E-state index >= 15 is 0 Å². The van der Waals surface area contributed by atoms with E-state index in [2.05, 4.69) is 5.32 Å². The third-order valence-electron chi connectivity index (χ3n) is 8.29. The number of halogens is 2. The van der Waals surface area contributed by atoms with Crippen LogP contribution in [-0.2, 0) is 32.6 Å². The van der Waals surface area contributed by atoms with Crippen molar-refractivity contribution in [2.45, 2.75) is 57.2 Å². The number of rotatable bonds is 11. The van der Waals surface area contributed by atoms with Gasteiger partial charge in [-0.15, -0.1) is 0 Å². The maximum atomic E-state index is 14.5. The Morgan fingerprint density at radius 3 is 2.29 bits per heavy atom. The number of sulfonamides is 1. The van der Waals surface area contributed by atoms with Gasteiger partial charge in [-0.3, -0.25) is 13.9 Å². The molecule has 1 unspecified atom stereocenters. The van der Waals surface area contributed by atoms with Gasteiger partial charge in [-0.25, -0.2) is 8.42 Å². The van der Waals surface area contributed by atoms with Gasteiger partial charge in [-0.1, -0.05) is 115 Å².